The molecule has 0 aromatic carbocycles. The van der Waals surface area contributed by atoms with Gasteiger partial charge < -0.3 is 5.32 Å². The Morgan fingerprint density at radius 2 is 2.00 bits per heavy atom. The van der Waals surface area contributed by atoms with E-state index in [-0.39, 0.29) is 0 Å². The molecule has 1 saturated carbocycles. The molecule has 2 fully saturated rings. The summed E-state index contributed by atoms with van der Waals surface area (Å²) in [7, 11) is 0. The highest BCUT2D eigenvalue weighted by Crippen LogP contribution is 2.37. The zero-order valence-electron chi connectivity index (χ0n) is 13.4. The van der Waals surface area contributed by atoms with Gasteiger partial charge in [0.15, 0.2) is 0 Å². The molecule has 2 heteroatoms. The summed E-state index contributed by atoms with van der Waals surface area (Å²) in [5.74, 6) is 0. The van der Waals surface area contributed by atoms with E-state index < -0.39 is 0 Å². The van der Waals surface area contributed by atoms with Crippen molar-refractivity contribution in [3.8, 4) is 0 Å². The quantitative estimate of drug-likeness (QED) is 0.814. The molecule has 0 radical (unpaired) electrons. The van der Waals surface area contributed by atoms with Crippen LogP contribution >= 0.6 is 0 Å². The predicted molar refractivity (Wildman–Crippen MR) is 83.5 cm³/mol. The van der Waals surface area contributed by atoms with Crippen molar-refractivity contribution in [3.05, 3.63) is 0 Å². The fourth-order valence-corrected chi connectivity index (χ4v) is 4.04. The number of hydrogen-bond acceptors (Lipinski definition) is 2. The third-order valence-electron chi connectivity index (χ3n) is 5.07. The fourth-order valence-electron chi connectivity index (χ4n) is 4.04. The second-order valence-electron chi connectivity index (χ2n) is 7.56. The van der Waals surface area contributed by atoms with Crippen LogP contribution in [0.1, 0.15) is 72.1 Å². The van der Waals surface area contributed by atoms with Gasteiger partial charge in [0.1, 0.15) is 0 Å². The molecule has 0 amide bonds. The maximum absolute atomic E-state index is 3.73. The molecule has 0 aromatic rings. The van der Waals surface area contributed by atoms with Crippen molar-refractivity contribution in [1.82, 2.24) is 10.2 Å². The van der Waals surface area contributed by atoms with Gasteiger partial charge in [0.05, 0.1) is 0 Å². The Bertz CT molecular complexity index is 256. The fraction of sp³-hybridized carbons (Fsp3) is 1.00. The van der Waals surface area contributed by atoms with Crippen LogP contribution in [-0.4, -0.2) is 36.6 Å². The number of nitrogens with zero attached hydrogens (tertiary/aromatic N) is 1. The number of nitrogens with one attached hydrogen (secondary N) is 1. The molecule has 1 N–H and O–H groups in total. The smallest absolute Gasteiger partial charge is 0.0195 e. The van der Waals surface area contributed by atoms with Gasteiger partial charge in [-0.2, -0.15) is 0 Å². The summed E-state index contributed by atoms with van der Waals surface area (Å²) in [6, 6.07) is 1.60. The van der Waals surface area contributed by atoms with Crippen molar-refractivity contribution < 1.29 is 0 Å². The van der Waals surface area contributed by atoms with E-state index in [1.807, 2.05) is 0 Å². The highest BCUT2D eigenvalue weighted by atomic mass is 15.2. The highest BCUT2D eigenvalue weighted by molar-refractivity contribution is 4.87. The maximum Gasteiger partial charge on any atom is 0.0195 e. The second kappa shape index (κ2) is 7.08. The van der Waals surface area contributed by atoms with Crippen molar-refractivity contribution in [3.63, 3.8) is 0 Å². The Morgan fingerprint density at radius 3 is 2.63 bits per heavy atom. The summed E-state index contributed by atoms with van der Waals surface area (Å²) in [6.07, 6.45) is 11.2. The average molecular weight is 266 g/mol. The maximum atomic E-state index is 3.73. The van der Waals surface area contributed by atoms with Gasteiger partial charge in [-0.25, -0.2) is 0 Å². The number of rotatable bonds is 5. The average Bonchev–Trinajstić information content (AvgIpc) is 2.38. The minimum Gasteiger partial charge on any atom is -0.313 e. The van der Waals surface area contributed by atoms with Crippen LogP contribution in [0.2, 0.25) is 0 Å². The van der Waals surface area contributed by atoms with E-state index in [0.717, 1.165) is 12.1 Å². The van der Waals surface area contributed by atoms with Crippen LogP contribution in [0.4, 0.5) is 0 Å². The molecule has 1 aliphatic heterocycles. The van der Waals surface area contributed by atoms with Gasteiger partial charge in [0.2, 0.25) is 0 Å². The Labute approximate surface area is 120 Å². The van der Waals surface area contributed by atoms with Crippen molar-refractivity contribution in [1.29, 1.82) is 0 Å². The van der Waals surface area contributed by atoms with Gasteiger partial charge >= 0.3 is 0 Å². The van der Waals surface area contributed by atoms with E-state index in [9.17, 15) is 0 Å². The Morgan fingerprint density at radius 1 is 1.16 bits per heavy atom. The predicted octanol–water partition coefficient (Wildman–Crippen LogP) is 3.81. The lowest BCUT2D eigenvalue weighted by atomic mass is 9.74. The normalized spacial score (nSPS) is 31.6. The van der Waals surface area contributed by atoms with Crippen molar-refractivity contribution in [2.45, 2.75) is 84.2 Å². The molecule has 1 heterocycles. The lowest BCUT2D eigenvalue weighted by Crippen LogP contribution is -2.49. The standard InChI is InChI=1S/C17H34N2/c1-4-12-19(14-15-8-5-6-11-18-15)16-9-7-10-17(2,3)13-16/h15-16,18H,4-14H2,1-3H3. The molecule has 1 aliphatic carbocycles. The minimum absolute atomic E-state index is 0.564. The lowest BCUT2D eigenvalue weighted by molar-refractivity contribution is 0.0827. The van der Waals surface area contributed by atoms with Crippen LogP contribution in [0.3, 0.4) is 0 Å². The first-order chi connectivity index (χ1) is 9.11. The summed E-state index contributed by atoms with van der Waals surface area (Å²) in [6.45, 7) is 11.1. The second-order valence-corrected chi connectivity index (χ2v) is 7.56. The number of piperidine rings is 1. The summed E-state index contributed by atoms with van der Waals surface area (Å²) in [5.41, 5.74) is 0.564. The van der Waals surface area contributed by atoms with Gasteiger partial charge in [-0.1, -0.05) is 33.6 Å². The van der Waals surface area contributed by atoms with Gasteiger partial charge in [-0.05, 0) is 57.0 Å². The Hall–Kier alpha value is -0.0800. The number of hydrogen-bond donors (Lipinski definition) is 1. The van der Waals surface area contributed by atoms with Crippen molar-refractivity contribution in [2.24, 2.45) is 5.41 Å². The van der Waals surface area contributed by atoms with E-state index in [4.69, 9.17) is 0 Å². The van der Waals surface area contributed by atoms with Crippen LogP contribution in [0.25, 0.3) is 0 Å². The summed E-state index contributed by atoms with van der Waals surface area (Å²) in [4.78, 5) is 2.81. The van der Waals surface area contributed by atoms with E-state index >= 15 is 0 Å². The molecule has 2 rings (SSSR count). The zero-order valence-corrected chi connectivity index (χ0v) is 13.4. The highest BCUT2D eigenvalue weighted by Gasteiger charge is 2.32. The molecule has 0 bridgehead atoms. The Balaban J connectivity index is 1.90. The summed E-state index contributed by atoms with van der Waals surface area (Å²) >= 11 is 0. The van der Waals surface area contributed by atoms with Crippen LogP contribution in [0.5, 0.6) is 0 Å². The molecule has 19 heavy (non-hydrogen) atoms. The van der Waals surface area contributed by atoms with Crippen LogP contribution in [0, 0.1) is 5.41 Å². The molecule has 2 aliphatic rings. The molecular formula is C17H34N2. The Kier molecular flexibility index (Phi) is 5.70. The summed E-state index contributed by atoms with van der Waals surface area (Å²) in [5, 5.41) is 3.73. The van der Waals surface area contributed by atoms with Crippen LogP contribution in [-0.2, 0) is 0 Å². The van der Waals surface area contributed by atoms with E-state index in [1.165, 1.54) is 71.0 Å². The first-order valence-electron chi connectivity index (χ1n) is 8.58. The van der Waals surface area contributed by atoms with Crippen LogP contribution < -0.4 is 5.32 Å². The van der Waals surface area contributed by atoms with Crippen molar-refractivity contribution in [2.75, 3.05) is 19.6 Å². The molecular weight excluding hydrogens is 232 g/mol. The molecule has 0 spiro atoms. The first kappa shape index (κ1) is 15.3. The van der Waals surface area contributed by atoms with E-state index in [0.29, 0.717) is 5.41 Å². The van der Waals surface area contributed by atoms with Crippen molar-refractivity contribution >= 4 is 0 Å². The lowest BCUT2D eigenvalue weighted by Gasteiger charge is -2.43. The molecule has 2 nitrogen and oxygen atoms in total. The first-order valence-corrected chi connectivity index (χ1v) is 8.58. The molecule has 0 aromatic heterocycles. The van der Waals surface area contributed by atoms with Crippen LogP contribution in [0.15, 0.2) is 0 Å². The van der Waals surface area contributed by atoms with E-state index in [1.54, 1.807) is 0 Å². The van der Waals surface area contributed by atoms with Gasteiger partial charge in [0, 0.05) is 18.6 Å². The molecule has 112 valence electrons. The topological polar surface area (TPSA) is 15.3 Å². The van der Waals surface area contributed by atoms with Gasteiger partial charge in [-0.15, -0.1) is 0 Å². The van der Waals surface area contributed by atoms with Gasteiger partial charge in [-0.3, -0.25) is 4.90 Å². The monoisotopic (exact) mass is 266 g/mol. The molecule has 1 saturated heterocycles. The van der Waals surface area contributed by atoms with E-state index in [2.05, 4.69) is 31.0 Å². The zero-order chi connectivity index (χ0) is 13.7. The van der Waals surface area contributed by atoms with Gasteiger partial charge in [0.25, 0.3) is 0 Å². The molecule has 2 unspecified atom stereocenters. The third-order valence-corrected chi connectivity index (χ3v) is 5.07. The summed E-state index contributed by atoms with van der Waals surface area (Å²) < 4.78 is 0. The molecule has 2 atom stereocenters. The SMILES string of the molecule is CCCN(CC1CCCCN1)C1CCCC(C)(C)C1. The minimum atomic E-state index is 0.564. The third kappa shape index (κ3) is 4.75. The largest absolute Gasteiger partial charge is 0.313 e.